The molecule has 21 heavy (non-hydrogen) atoms. The Hall–Kier alpha value is -2.08. The SMILES string of the molecule is CCCOCCOC(=O)COc1ccc(CC(=O)O)cc1. The first kappa shape index (κ1) is 17.0. The van der Waals surface area contributed by atoms with Gasteiger partial charge < -0.3 is 19.3 Å². The molecule has 0 aliphatic carbocycles. The number of carbonyl (C=O) groups is 2. The van der Waals surface area contributed by atoms with Crippen LogP contribution >= 0.6 is 0 Å². The van der Waals surface area contributed by atoms with E-state index in [1.54, 1.807) is 24.3 Å². The van der Waals surface area contributed by atoms with Gasteiger partial charge in [0.25, 0.3) is 0 Å². The number of carboxylic acid groups (broad SMARTS) is 1. The van der Waals surface area contributed by atoms with Crippen LogP contribution in [0.4, 0.5) is 0 Å². The maximum atomic E-state index is 11.4. The number of aliphatic carboxylic acids is 1. The highest BCUT2D eigenvalue weighted by molar-refractivity contribution is 5.71. The zero-order valence-corrected chi connectivity index (χ0v) is 12.0. The Morgan fingerprint density at radius 1 is 1.10 bits per heavy atom. The Kier molecular flexibility index (Phi) is 7.89. The molecule has 116 valence electrons. The molecular weight excluding hydrogens is 276 g/mol. The number of hydrogen-bond acceptors (Lipinski definition) is 5. The molecule has 0 aromatic heterocycles. The van der Waals surface area contributed by atoms with Gasteiger partial charge in [0.1, 0.15) is 12.4 Å². The van der Waals surface area contributed by atoms with Gasteiger partial charge >= 0.3 is 11.9 Å². The summed E-state index contributed by atoms with van der Waals surface area (Å²) in [4.78, 5) is 21.9. The maximum absolute atomic E-state index is 11.4. The van der Waals surface area contributed by atoms with E-state index < -0.39 is 11.9 Å². The number of hydrogen-bond donors (Lipinski definition) is 1. The molecule has 1 aromatic rings. The number of rotatable bonds is 10. The lowest BCUT2D eigenvalue weighted by Crippen LogP contribution is -2.17. The number of carbonyl (C=O) groups excluding carboxylic acids is 1. The van der Waals surface area contributed by atoms with Crippen LogP contribution < -0.4 is 4.74 Å². The van der Waals surface area contributed by atoms with E-state index in [0.717, 1.165) is 6.42 Å². The van der Waals surface area contributed by atoms with Gasteiger partial charge in [-0.3, -0.25) is 4.79 Å². The van der Waals surface area contributed by atoms with Gasteiger partial charge in [0.15, 0.2) is 6.61 Å². The van der Waals surface area contributed by atoms with Crippen LogP contribution in [0, 0.1) is 0 Å². The monoisotopic (exact) mass is 296 g/mol. The van der Waals surface area contributed by atoms with Crippen LogP contribution in [-0.2, 0) is 25.5 Å². The Labute approximate surface area is 123 Å². The second-order valence-electron chi connectivity index (χ2n) is 4.34. The second-order valence-corrected chi connectivity index (χ2v) is 4.34. The third-order valence-electron chi connectivity index (χ3n) is 2.47. The van der Waals surface area contributed by atoms with Crippen molar-refractivity contribution < 1.29 is 28.9 Å². The Bertz CT molecular complexity index is 440. The van der Waals surface area contributed by atoms with Crippen molar-refractivity contribution >= 4 is 11.9 Å². The molecule has 0 atom stereocenters. The minimum Gasteiger partial charge on any atom is -0.482 e. The van der Waals surface area contributed by atoms with Crippen LogP contribution in [0.3, 0.4) is 0 Å². The summed E-state index contributed by atoms with van der Waals surface area (Å²) in [6.07, 6.45) is 0.884. The molecule has 0 aliphatic heterocycles. The normalized spacial score (nSPS) is 10.1. The first-order valence-electron chi connectivity index (χ1n) is 6.78. The summed E-state index contributed by atoms with van der Waals surface area (Å²) in [5.41, 5.74) is 0.672. The van der Waals surface area contributed by atoms with Crippen LogP contribution in [0.2, 0.25) is 0 Å². The van der Waals surface area contributed by atoms with Gasteiger partial charge in [0, 0.05) is 6.61 Å². The van der Waals surface area contributed by atoms with Crippen LogP contribution in [0.25, 0.3) is 0 Å². The fourth-order valence-electron chi connectivity index (χ4n) is 1.52. The fraction of sp³-hybridized carbons (Fsp3) is 0.467. The van der Waals surface area contributed by atoms with Crippen LogP contribution in [0.5, 0.6) is 5.75 Å². The fourth-order valence-corrected chi connectivity index (χ4v) is 1.52. The average molecular weight is 296 g/mol. The van der Waals surface area contributed by atoms with Crippen molar-refractivity contribution in [2.75, 3.05) is 26.4 Å². The zero-order chi connectivity index (χ0) is 15.5. The maximum Gasteiger partial charge on any atom is 0.344 e. The Balaban J connectivity index is 2.21. The first-order valence-corrected chi connectivity index (χ1v) is 6.78. The topological polar surface area (TPSA) is 82.1 Å². The van der Waals surface area contributed by atoms with E-state index in [1.807, 2.05) is 6.92 Å². The molecule has 0 saturated carbocycles. The molecule has 0 saturated heterocycles. The summed E-state index contributed by atoms with van der Waals surface area (Å²) in [6, 6.07) is 6.53. The Morgan fingerprint density at radius 3 is 2.43 bits per heavy atom. The van der Waals surface area contributed by atoms with Gasteiger partial charge in [0.05, 0.1) is 13.0 Å². The largest absolute Gasteiger partial charge is 0.482 e. The summed E-state index contributed by atoms with van der Waals surface area (Å²) in [7, 11) is 0. The van der Waals surface area contributed by atoms with Crippen molar-refractivity contribution in [2.45, 2.75) is 19.8 Å². The second kappa shape index (κ2) is 9.77. The highest BCUT2D eigenvalue weighted by Crippen LogP contribution is 2.12. The molecule has 0 fully saturated rings. The quantitative estimate of drug-likeness (QED) is 0.522. The predicted molar refractivity (Wildman–Crippen MR) is 75.3 cm³/mol. The summed E-state index contributed by atoms with van der Waals surface area (Å²) < 4.78 is 15.3. The van der Waals surface area contributed by atoms with E-state index in [1.165, 1.54) is 0 Å². The Morgan fingerprint density at radius 2 is 1.81 bits per heavy atom. The zero-order valence-electron chi connectivity index (χ0n) is 12.0. The number of carboxylic acids is 1. The summed E-state index contributed by atoms with van der Waals surface area (Å²) in [6.45, 7) is 3.05. The number of esters is 1. The lowest BCUT2D eigenvalue weighted by Gasteiger charge is -2.07. The molecule has 0 bridgehead atoms. The van der Waals surface area contributed by atoms with E-state index in [9.17, 15) is 9.59 Å². The van der Waals surface area contributed by atoms with Crippen molar-refractivity contribution in [1.82, 2.24) is 0 Å². The molecule has 0 heterocycles. The number of benzene rings is 1. The molecule has 1 N–H and O–H groups in total. The van der Waals surface area contributed by atoms with Crippen molar-refractivity contribution in [3.05, 3.63) is 29.8 Å². The first-order chi connectivity index (χ1) is 10.1. The average Bonchev–Trinajstić information content (AvgIpc) is 2.46. The van der Waals surface area contributed by atoms with E-state index in [0.29, 0.717) is 24.5 Å². The van der Waals surface area contributed by atoms with Gasteiger partial charge in [-0.05, 0) is 24.1 Å². The minimum absolute atomic E-state index is 0.0416. The molecule has 0 aliphatic rings. The smallest absolute Gasteiger partial charge is 0.344 e. The highest BCUT2D eigenvalue weighted by atomic mass is 16.6. The minimum atomic E-state index is -0.891. The van der Waals surface area contributed by atoms with E-state index >= 15 is 0 Å². The van der Waals surface area contributed by atoms with E-state index in [4.69, 9.17) is 19.3 Å². The van der Waals surface area contributed by atoms with Crippen LogP contribution in [-0.4, -0.2) is 43.5 Å². The summed E-state index contributed by atoms with van der Waals surface area (Å²) >= 11 is 0. The van der Waals surface area contributed by atoms with E-state index in [2.05, 4.69) is 0 Å². The third kappa shape index (κ3) is 7.94. The lowest BCUT2D eigenvalue weighted by molar-refractivity contribution is -0.147. The van der Waals surface area contributed by atoms with Crippen molar-refractivity contribution in [3.8, 4) is 5.75 Å². The molecule has 0 unspecified atom stereocenters. The molecule has 6 nitrogen and oxygen atoms in total. The van der Waals surface area contributed by atoms with Gasteiger partial charge in [-0.1, -0.05) is 19.1 Å². The lowest BCUT2D eigenvalue weighted by atomic mass is 10.1. The molecule has 0 amide bonds. The molecule has 6 heteroatoms. The van der Waals surface area contributed by atoms with Crippen molar-refractivity contribution in [1.29, 1.82) is 0 Å². The van der Waals surface area contributed by atoms with Crippen molar-refractivity contribution in [2.24, 2.45) is 0 Å². The van der Waals surface area contributed by atoms with Gasteiger partial charge in [-0.25, -0.2) is 4.79 Å². The highest BCUT2D eigenvalue weighted by Gasteiger charge is 2.05. The third-order valence-corrected chi connectivity index (χ3v) is 2.47. The summed E-state index contributed by atoms with van der Waals surface area (Å²) in [5.74, 6) is -0.870. The van der Waals surface area contributed by atoms with E-state index in [-0.39, 0.29) is 19.6 Å². The molecule has 1 rings (SSSR count). The van der Waals surface area contributed by atoms with Crippen LogP contribution in [0.15, 0.2) is 24.3 Å². The van der Waals surface area contributed by atoms with Gasteiger partial charge in [0.2, 0.25) is 0 Å². The number of ether oxygens (including phenoxy) is 3. The van der Waals surface area contributed by atoms with Gasteiger partial charge in [-0.15, -0.1) is 0 Å². The molecule has 0 spiro atoms. The van der Waals surface area contributed by atoms with Gasteiger partial charge in [-0.2, -0.15) is 0 Å². The van der Waals surface area contributed by atoms with Crippen LogP contribution in [0.1, 0.15) is 18.9 Å². The van der Waals surface area contributed by atoms with Crippen molar-refractivity contribution in [3.63, 3.8) is 0 Å². The predicted octanol–water partition coefficient (Wildman–Crippen LogP) is 1.66. The molecule has 0 radical (unpaired) electrons. The standard InChI is InChI=1S/C15H20O6/c1-2-7-19-8-9-20-15(18)11-21-13-5-3-12(4-6-13)10-14(16)17/h3-6H,2,7-11H2,1H3,(H,16,17). The molecular formula is C15H20O6. The summed E-state index contributed by atoms with van der Waals surface area (Å²) in [5, 5.41) is 8.65. The molecule has 1 aromatic carbocycles.